The summed E-state index contributed by atoms with van der Waals surface area (Å²) in [5.74, 6) is 1.94. The minimum absolute atomic E-state index is 0.606. The molecule has 2 heterocycles. The molecule has 2 aromatic rings. The largest absolute Gasteiger partial charge is 0.490 e. The molecule has 0 aliphatic rings. The maximum atomic E-state index is 5.39. The highest BCUT2D eigenvalue weighted by Gasteiger charge is 2.13. The maximum absolute atomic E-state index is 5.39. The van der Waals surface area contributed by atoms with Gasteiger partial charge in [-0.25, -0.2) is 14.6 Å². The molecule has 0 fully saturated rings. The van der Waals surface area contributed by atoms with E-state index in [1.54, 1.807) is 18.0 Å². The topological polar surface area (TPSA) is 64.9 Å². The Kier molecular flexibility index (Phi) is 3.76. The van der Waals surface area contributed by atoms with Crippen molar-refractivity contribution in [1.29, 1.82) is 0 Å². The number of nitrogens with zero attached hydrogens (tertiary/aromatic N) is 4. The standard InChI is InChI=1S/C12H17N5O/c1-4-5-13-11-10(18-3)12(15-8-14-11)17-7-9(2)6-16-17/h6-8H,4-5H2,1-3H3,(H,13,14,15). The zero-order chi connectivity index (χ0) is 13.0. The molecule has 18 heavy (non-hydrogen) atoms. The highest BCUT2D eigenvalue weighted by atomic mass is 16.5. The molecular weight excluding hydrogens is 230 g/mol. The van der Waals surface area contributed by atoms with Gasteiger partial charge in [0.1, 0.15) is 6.33 Å². The minimum Gasteiger partial charge on any atom is -0.490 e. The molecule has 2 aromatic heterocycles. The van der Waals surface area contributed by atoms with Gasteiger partial charge in [-0.3, -0.25) is 0 Å². The number of nitrogens with one attached hydrogen (secondary N) is 1. The molecule has 0 bridgehead atoms. The average molecular weight is 247 g/mol. The Hall–Kier alpha value is -2.11. The first-order chi connectivity index (χ1) is 8.76. The summed E-state index contributed by atoms with van der Waals surface area (Å²) in [7, 11) is 1.61. The molecule has 6 nitrogen and oxygen atoms in total. The van der Waals surface area contributed by atoms with E-state index in [0.29, 0.717) is 17.4 Å². The average Bonchev–Trinajstić information content (AvgIpc) is 2.82. The Morgan fingerprint density at radius 2 is 2.22 bits per heavy atom. The van der Waals surface area contributed by atoms with Gasteiger partial charge < -0.3 is 10.1 Å². The normalized spacial score (nSPS) is 10.4. The van der Waals surface area contributed by atoms with E-state index in [1.807, 2.05) is 13.1 Å². The lowest BCUT2D eigenvalue weighted by Gasteiger charge is -2.12. The van der Waals surface area contributed by atoms with Crippen LogP contribution in [0.3, 0.4) is 0 Å². The summed E-state index contributed by atoms with van der Waals surface area (Å²) < 4.78 is 7.08. The zero-order valence-electron chi connectivity index (χ0n) is 10.8. The smallest absolute Gasteiger partial charge is 0.206 e. The first kappa shape index (κ1) is 12.3. The van der Waals surface area contributed by atoms with Crippen molar-refractivity contribution < 1.29 is 4.74 Å². The molecule has 0 aromatic carbocycles. The van der Waals surface area contributed by atoms with Gasteiger partial charge in [0.15, 0.2) is 5.82 Å². The fourth-order valence-corrected chi connectivity index (χ4v) is 1.61. The first-order valence-corrected chi connectivity index (χ1v) is 5.90. The van der Waals surface area contributed by atoms with Gasteiger partial charge in [-0.15, -0.1) is 0 Å². The second kappa shape index (κ2) is 5.48. The number of hydrogen-bond donors (Lipinski definition) is 1. The summed E-state index contributed by atoms with van der Waals surface area (Å²) in [6.07, 6.45) is 6.20. The van der Waals surface area contributed by atoms with E-state index in [4.69, 9.17) is 4.74 Å². The number of anilines is 1. The molecule has 0 saturated heterocycles. The van der Waals surface area contributed by atoms with Crippen LogP contribution in [-0.2, 0) is 0 Å². The van der Waals surface area contributed by atoms with Crippen molar-refractivity contribution in [3.63, 3.8) is 0 Å². The van der Waals surface area contributed by atoms with Gasteiger partial charge in [0.2, 0.25) is 11.6 Å². The van der Waals surface area contributed by atoms with Crippen LogP contribution in [0, 0.1) is 6.92 Å². The van der Waals surface area contributed by atoms with E-state index >= 15 is 0 Å². The highest BCUT2D eigenvalue weighted by Crippen LogP contribution is 2.27. The Morgan fingerprint density at radius 1 is 1.39 bits per heavy atom. The number of aromatic nitrogens is 4. The Balaban J connectivity index is 2.41. The Bertz CT molecular complexity index is 523. The molecule has 0 atom stereocenters. The summed E-state index contributed by atoms with van der Waals surface area (Å²) in [5, 5.41) is 7.45. The van der Waals surface area contributed by atoms with E-state index in [9.17, 15) is 0 Å². The fourth-order valence-electron chi connectivity index (χ4n) is 1.61. The van der Waals surface area contributed by atoms with Gasteiger partial charge >= 0.3 is 0 Å². The van der Waals surface area contributed by atoms with Crippen molar-refractivity contribution in [3.8, 4) is 11.6 Å². The molecule has 0 radical (unpaired) electrons. The summed E-state index contributed by atoms with van der Waals surface area (Å²) in [6, 6.07) is 0. The molecule has 6 heteroatoms. The monoisotopic (exact) mass is 247 g/mol. The summed E-state index contributed by atoms with van der Waals surface area (Å²) in [6.45, 7) is 4.91. The number of rotatable bonds is 5. The van der Waals surface area contributed by atoms with Crippen LogP contribution in [0.15, 0.2) is 18.7 Å². The maximum Gasteiger partial charge on any atom is 0.206 e. The lowest BCUT2D eigenvalue weighted by Crippen LogP contribution is -2.08. The molecule has 2 rings (SSSR count). The third-order valence-corrected chi connectivity index (χ3v) is 2.46. The lowest BCUT2D eigenvalue weighted by molar-refractivity contribution is 0.409. The molecule has 0 aliphatic heterocycles. The fraction of sp³-hybridized carbons (Fsp3) is 0.417. The lowest BCUT2D eigenvalue weighted by atomic mass is 10.4. The molecular formula is C12H17N5O. The summed E-state index contributed by atoms with van der Waals surface area (Å²) in [4.78, 5) is 8.42. The molecule has 0 spiro atoms. The molecule has 0 aliphatic carbocycles. The van der Waals surface area contributed by atoms with Crippen LogP contribution in [-0.4, -0.2) is 33.4 Å². The quantitative estimate of drug-likeness (QED) is 0.872. The SMILES string of the molecule is CCCNc1ncnc(-n2cc(C)cn2)c1OC. The van der Waals surface area contributed by atoms with Crippen molar-refractivity contribution in [2.24, 2.45) is 0 Å². The van der Waals surface area contributed by atoms with E-state index in [-0.39, 0.29) is 0 Å². The molecule has 0 unspecified atom stereocenters. The van der Waals surface area contributed by atoms with E-state index in [1.165, 1.54) is 6.33 Å². The number of hydrogen-bond acceptors (Lipinski definition) is 5. The van der Waals surface area contributed by atoms with Crippen molar-refractivity contribution in [2.75, 3.05) is 19.0 Å². The van der Waals surface area contributed by atoms with E-state index < -0.39 is 0 Å². The highest BCUT2D eigenvalue weighted by molar-refractivity contribution is 5.57. The second-order valence-corrected chi connectivity index (χ2v) is 3.97. The predicted octanol–water partition coefficient (Wildman–Crippen LogP) is 1.80. The Labute approximate surface area is 106 Å². The van der Waals surface area contributed by atoms with Gasteiger partial charge in [0.05, 0.1) is 13.3 Å². The van der Waals surface area contributed by atoms with Crippen molar-refractivity contribution in [1.82, 2.24) is 19.7 Å². The van der Waals surface area contributed by atoms with Crippen LogP contribution in [0.5, 0.6) is 5.75 Å². The van der Waals surface area contributed by atoms with Gasteiger partial charge in [-0.2, -0.15) is 5.10 Å². The van der Waals surface area contributed by atoms with Gasteiger partial charge in [-0.1, -0.05) is 6.92 Å². The second-order valence-electron chi connectivity index (χ2n) is 3.97. The molecule has 96 valence electrons. The summed E-state index contributed by atoms with van der Waals surface area (Å²) >= 11 is 0. The van der Waals surface area contributed by atoms with Crippen LogP contribution in [0.2, 0.25) is 0 Å². The van der Waals surface area contributed by atoms with Crippen LogP contribution in [0.25, 0.3) is 5.82 Å². The zero-order valence-corrected chi connectivity index (χ0v) is 10.8. The molecule has 0 amide bonds. The van der Waals surface area contributed by atoms with Crippen LogP contribution >= 0.6 is 0 Å². The molecule has 0 saturated carbocycles. The minimum atomic E-state index is 0.606. The van der Waals surface area contributed by atoms with Gasteiger partial charge in [-0.05, 0) is 18.9 Å². The van der Waals surface area contributed by atoms with E-state index in [0.717, 1.165) is 18.5 Å². The first-order valence-electron chi connectivity index (χ1n) is 5.90. The van der Waals surface area contributed by atoms with Gasteiger partial charge in [0.25, 0.3) is 0 Å². The third kappa shape index (κ3) is 2.42. The van der Waals surface area contributed by atoms with Crippen molar-refractivity contribution in [2.45, 2.75) is 20.3 Å². The molecule has 1 N–H and O–H groups in total. The van der Waals surface area contributed by atoms with Crippen LogP contribution < -0.4 is 10.1 Å². The van der Waals surface area contributed by atoms with E-state index in [2.05, 4.69) is 27.3 Å². The number of aryl methyl sites for hydroxylation is 1. The van der Waals surface area contributed by atoms with Crippen LogP contribution in [0.1, 0.15) is 18.9 Å². The predicted molar refractivity (Wildman–Crippen MR) is 69.2 cm³/mol. The number of ether oxygens (including phenoxy) is 1. The third-order valence-electron chi connectivity index (χ3n) is 2.46. The van der Waals surface area contributed by atoms with Crippen molar-refractivity contribution >= 4 is 5.82 Å². The van der Waals surface area contributed by atoms with Gasteiger partial charge in [0, 0.05) is 12.7 Å². The summed E-state index contributed by atoms with van der Waals surface area (Å²) in [5.41, 5.74) is 1.07. The number of methoxy groups -OCH3 is 1. The van der Waals surface area contributed by atoms with Crippen LogP contribution in [0.4, 0.5) is 5.82 Å². The van der Waals surface area contributed by atoms with Crippen molar-refractivity contribution in [3.05, 3.63) is 24.3 Å². The Morgan fingerprint density at radius 3 is 2.83 bits per heavy atom.